The number of nitrogens with one attached hydrogen (secondary N) is 1. The summed E-state index contributed by atoms with van der Waals surface area (Å²) in [6, 6.07) is 5.68. The van der Waals surface area contributed by atoms with Crippen LogP contribution in [0.15, 0.2) is 18.2 Å². The number of carbonyl (C=O) groups is 2. The molecule has 1 aromatic carbocycles. The zero-order valence-electron chi connectivity index (χ0n) is 10.3. The molecule has 6 heteroatoms. The van der Waals surface area contributed by atoms with Crippen LogP contribution in [0.4, 0.5) is 10.5 Å². The summed E-state index contributed by atoms with van der Waals surface area (Å²) in [6.45, 7) is 2.97. The fourth-order valence-corrected chi connectivity index (χ4v) is 2.87. The van der Waals surface area contributed by atoms with Gasteiger partial charge in [-0.3, -0.25) is 4.79 Å². The van der Waals surface area contributed by atoms with Crippen LogP contribution in [0.2, 0.25) is 5.02 Å². The van der Waals surface area contributed by atoms with Gasteiger partial charge in [0.05, 0.1) is 11.1 Å². The van der Waals surface area contributed by atoms with E-state index in [0.29, 0.717) is 23.7 Å². The molecule has 0 bridgehead atoms. The summed E-state index contributed by atoms with van der Waals surface area (Å²) in [7, 11) is 0. The number of aldehydes is 1. The predicted molar refractivity (Wildman–Crippen MR) is 72.9 cm³/mol. The fourth-order valence-electron chi connectivity index (χ4n) is 2.65. The Morgan fingerprint density at radius 1 is 1.37 bits per heavy atom. The Morgan fingerprint density at radius 3 is 2.95 bits per heavy atom. The van der Waals surface area contributed by atoms with E-state index in [9.17, 15) is 9.59 Å². The van der Waals surface area contributed by atoms with Crippen LogP contribution in [0, 0.1) is 0 Å². The van der Waals surface area contributed by atoms with Crippen molar-refractivity contribution in [3.8, 4) is 0 Å². The molecule has 2 fully saturated rings. The Bertz CT molecular complexity index is 535. The molecule has 1 unspecified atom stereocenters. The van der Waals surface area contributed by atoms with Gasteiger partial charge in [0, 0.05) is 37.4 Å². The van der Waals surface area contributed by atoms with E-state index in [1.165, 1.54) is 0 Å². The number of nitrogens with zero attached hydrogens (tertiary/aromatic N) is 2. The first-order valence-electron chi connectivity index (χ1n) is 6.23. The molecule has 2 aliphatic heterocycles. The average Bonchev–Trinajstić information content (AvgIpc) is 2.80. The standard InChI is InChI=1S/C13H14ClN3O2/c14-12-5-10(2-1-9(12)8-18)16-3-4-17-11(7-16)6-15-13(17)19/h1-2,5,8,11H,3-4,6-7H2,(H,15,19). The molecule has 5 nitrogen and oxygen atoms in total. The van der Waals surface area contributed by atoms with Gasteiger partial charge in [0.25, 0.3) is 0 Å². The van der Waals surface area contributed by atoms with Crippen molar-refractivity contribution in [2.24, 2.45) is 0 Å². The van der Waals surface area contributed by atoms with Crippen molar-refractivity contribution in [1.29, 1.82) is 0 Å². The second kappa shape index (κ2) is 4.74. The number of benzene rings is 1. The van der Waals surface area contributed by atoms with Crippen LogP contribution in [-0.4, -0.2) is 49.4 Å². The lowest BCUT2D eigenvalue weighted by atomic mass is 10.1. The van der Waals surface area contributed by atoms with E-state index >= 15 is 0 Å². The predicted octanol–water partition coefficient (Wildman–Crippen LogP) is 1.37. The normalized spacial score (nSPS) is 22.2. The lowest BCUT2D eigenvalue weighted by molar-refractivity contribution is 0.112. The third-order valence-corrected chi connectivity index (χ3v) is 4.04. The van der Waals surface area contributed by atoms with Crippen molar-refractivity contribution in [3.63, 3.8) is 0 Å². The number of amides is 2. The first-order valence-corrected chi connectivity index (χ1v) is 6.61. The third-order valence-electron chi connectivity index (χ3n) is 3.71. The first-order chi connectivity index (χ1) is 9.19. The number of anilines is 1. The van der Waals surface area contributed by atoms with E-state index in [4.69, 9.17) is 11.6 Å². The lowest BCUT2D eigenvalue weighted by Gasteiger charge is -2.37. The van der Waals surface area contributed by atoms with E-state index < -0.39 is 0 Å². The van der Waals surface area contributed by atoms with Gasteiger partial charge < -0.3 is 15.1 Å². The Kier molecular flexibility index (Phi) is 3.06. The molecule has 19 heavy (non-hydrogen) atoms. The SMILES string of the molecule is O=Cc1ccc(N2CCN3C(=O)NCC3C2)cc1Cl. The Hall–Kier alpha value is -1.75. The van der Waals surface area contributed by atoms with Gasteiger partial charge in [0.2, 0.25) is 0 Å². The minimum atomic E-state index is 0.0268. The Balaban J connectivity index is 1.78. The summed E-state index contributed by atoms with van der Waals surface area (Å²) >= 11 is 6.05. The number of carbonyl (C=O) groups excluding carboxylic acids is 2. The van der Waals surface area contributed by atoms with Crippen molar-refractivity contribution in [2.75, 3.05) is 31.1 Å². The van der Waals surface area contributed by atoms with E-state index in [0.717, 1.165) is 25.1 Å². The van der Waals surface area contributed by atoms with Gasteiger partial charge in [0.1, 0.15) is 0 Å². The van der Waals surface area contributed by atoms with Crippen LogP contribution in [-0.2, 0) is 0 Å². The van der Waals surface area contributed by atoms with Crippen molar-refractivity contribution < 1.29 is 9.59 Å². The van der Waals surface area contributed by atoms with Crippen molar-refractivity contribution in [3.05, 3.63) is 28.8 Å². The van der Waals surface area contributed by atoms with Crippen molar-refractivity contribution in [1.82, 2.24) is 10.2 Å². The highest BCUT2D eigenvalue weighted by Crippen LogP contribution is 2.25. The molecule has 0 saturated carbocycles. The van der Waals surface area contributed by atoms with Crippen LogP contribution in [0.5, 0.6) is 0 Å². The number of fused-ring (bicyclic) bond motifs is 1. The summed E-state index contributed by atoms with van der Waals surface area (Å²) in [4.78, 5) is 26.3. The van der Waals surface area contributed by atoms with E-state index in [1.807, 2.05) is 17.0 Å². The molecule has 100 valence electrons. The minimum absolute atomic E-state index is 0.0268. The van der Waals surface area contributed by atoms with Crippen LogP contribution < -0.4 is 10.2 Å². The van der Waals surface area contributed by atoms with E-state index in [-0.39, 0.29) is 12.1 Å². The minimum Gasteiger partial charge on any atom is -0.368 e. The Morgan fingerprint density at radius 2 is 2.21 bits per heavy atom. The highest BCUT2D eigenvalue weighted by Gasteiger charge is 2.35. The van der Waals surface area contributed by atoms with E-state index in [1.54, 1.807) is 6.07 Å². The van der Waals surface area contributed by atoms with Gasteiger partial charge in [-0.25, -0.2) is 4.79 Å². The molecule has 0 aliphatic carbocycles. The molecule has 0 spiro atoms. The molecule has 2 aliphatic rings. The number of piperazine rings is 1. The molecule has 3 rings (SSSR count). The number of hydrogen-bond donors (Lipinski definition) is 1. The third kappa shape index (κ3) is 2.14. The van der Waals surface area contributed by atoms with Crippen LogP contribution in [0.1, 0.15) is 10.4 Å². The maximum atomic E-state index is 11.5. The number of urea groups is 1. The van der Waals surface area contributed by atoms with Gasteiger partial charge in [-0.05, 0) is 18.2 Å². The summed E-state index contributed by atoms with van der Waals surface area (Å²) in [5, 5.41) is 3.32. The fraction of sp³-hybridized carbons (Fsp3) is 0.385. The molecule has 2 saturated heterocycles. The number of rotatable bonds is 2. The number of halogens is 1. The van der Waals surface area contributed by atoms with Gasteiger partial charge in [-0.15, -0.1) is 0 Å². The molecule has 0 aromatic heterocycles. The first kappa shape index (κ1) is 12.3. The second-order valence-electron chi connectivity index (χ2n) is 4.80. The topological polar surface area (TPSA) is 52.7 Å². The van der Waals surface area contributed by atoms with Crippen molar-refractivity contribution in [2.45, 2.75) is 6.04 Å². The van der Waals surface area contributed by atoms with Gasteiger partial charge >= 0.3 is 6.03 Å². The molecule has 2 amide bonds. The van der Waals surface area contributed by atoms with Crippen LogP contribution >= 0.6 is 11.6 Å². The van der Waals surface area contributed by atoms with Gasteiger partial charge in [0.15, 0.2) is 6.29 Å². The van der Waals surface area contributed by atoms with E-state index in [2.05, 4.69) is 10.2 Å². The summed E-state index contributed by atoms with van der Waals surface area (Å²) in [6.07, 6.45) is 0.754. The van der Waals surface area contributed by atoms with Gasteiger partial charge in [-0.2, -0.15) is 0 Å². The largest absolute Gasteiger partial charge is 0.368 e. The quantitative estimate of drug-likeness (QED) is 0.832. The molecule has 1 atom stereocenters. The second-order valence-corrected chi connectivity index (χ2v) is 5.21. The summed E-state index contributed by atoms with van der Waals surface area (Å²) < 4.78 is 0. The maximum Gasteiger partial charge on any atom is 0.317 e. The molecule has 1 N–H and O–H groups in total. The highest BCUT2D eigenvalue weighted by atomic mass is 35.5. The van der Waals surface area contributed by atoms with Crippen molar-refractivity contribution >= 4 is 29.6 Å². The van der Waals surface area contributed by atoms with Crippen LogP contribution in [0.25, 0.3) is 0 Å². The summed E-state index contributed by atoms with van der Waals surface area (Å²) in [5.41, 5.74) is 1.50. The molecule has 2 heterocycles. The molecule has 1 aromatic rings. The molecule has 0 radical (unpaired) electrons. The zero-order valence-corrected chi connectivity index (χ0v) is 11.1. The Labute approximate surface area is 116 Å². The van der Waals surface area contributed by atoms with Crippen LogP contribution in [0.3, 0.4) is 0 Å². The maximum absolute atomic E-state index is 11.5. The molecular weight excluding hydrogens is 266 g/mol. The smallest absolute Gasteiger partial charge is 0.317 e. The number of hydrogen-bond acceptors (Lipinski definition) is 3. The summed E-state index contributed by atoms with van der Waals surface area (Å²) in [5.74, 6) is 0. The van der Waals surface area contributed by atoms with Gasteiger partial charge in [-0.1, -0.05) is 11.6 Å². The zero-order chi connectivity index (χ0) is 13.4. The average molecular weight is 280 g/mol. The monoisotopic (exact) mass is 279 g/mol. The molecular formula is C13H14ClN3O2. The highest BCUT2D eigenvalue weighted by molar-refractivity contribution is 6.33. The lowest BCUT2D eigenvalue weighted by Crippen LogP contribution is -2.52.